The van der Waals surface area contributed by atoms with Crippen LogP contribution in [0.1, 0.15) is 18.9 Å². The zero-order chi connectivity index (χ0) is 12.0. The molecule has 88 valence electrons. The molecule has 0 saturated heterocycles. The maximum Gasteiger partial charge on any atom is 0.306 e. The predicted octanol–water partition coefficient (Wildman–Crippen LogP) is 1.63. The van der Waals surface area contributed by atoms with Crippen molar-refractivity contribution < 1.29 is 14.6 Å². The van der Waals surface area contributed by atoms with E-state index in [9.17, 15) is 4.79 Å². The summed E-state index contributed by atoms with van der Waals surface area (Å²) in [6.07, 6.45) is 0.508. The summed E-state index contributed by atoms with van der Waals surface area (Å²) in [7, 11) is 0. The van der Waals surface area contributed by atoms with Crippen LogP contribution in [0.4, 0.5) is 0 Å². The van der Waals surface area contributed by atoms with Crippen LogP contribution < -0.4 is 10.5 Å². The van der Waals surface area contributed by atoms with E-state index in [1.807, 2.05) is 24.3 Å². The Kier molecular flexibility index (Phi) is 4.79. The predicted molar refractivity (Wildman–Crippen MR) is 61.2 cm³/mol. The van der Waals surface area contributed by atoms with Gasteiger partial charge in [-0.15, -0.1) is 0 Å². The molecule has 0 radical (unpaired) electrons. The number of benzene rings is 1. The number of carboxylic acid groups (broad SMARTS) is 1. The van der Waals surface area contributed by atoms with Crippen molar-refractivity contribution in [2.75, 3.05) is 6.61 Å². The topological polar surface area (TPSA) is 72.5 Å². The van der Waals surface area contributed by atoms with Gasteiger partial charge in [-0.05, 0) is 24.1 Å². The van der Waals surface area contributed by atoms with E-state index in [0.717, 1.165) is 11.3 Å². The normalized spacial score (nSPS) is 12.1. The van der Waals surface area contributed by atoms with Crippen molar-refractivity contribution in [2.24, 2.45) is 11.7 Å². The van der Waals surface area contributed by atoms with Crippen LogP contribution in [0, 0.1) is 5.92 Å². The summed E-state index contributed by atoms with van der Waals surface area (Å²) in [5.41, 5.74) is 6.51. The van der Waals surface area contributed by atoms with Crippen molar-refractivity contribution in [1.29, 1.82) is 0 Å². The second-order valence-electron chi connectivity index (χ2n) is 3.72. The number of aliphatic carboxylic acids is 1. The van der Waals surface area contributed by atoms with E-state index >= 15 is 0 Å². The molecule has 0 heterocycles. The standard InChI is InChI=1S/C12H17NO3/c1-9(12(14)15)6-7-16-11-4-2-10(8-13)3-5-11/h2-5,9H,6-8,13H2,1H3,(H,14,15). The lowest BCUT2D eigenvalue weighted by Gasteiger charge is -2.08. The van der Waals surface area contributed by atoms with Gasteiger partial charge in [-0.25, -0.2) is 0 Å². The molecule has 16 heavy (non-hydrogen) atoms. The van der Waals surface area contributed by atoms with Crippen molar-refractivity contribution in [3.63, 3.8) is 0 Å². The molecule has 1 rings (SSSR count). The van der Waals surface area contributed by atoms with E-state index in [1.165, 1.54) is 0 Å². The van der Waals surface area contributed by atoms with Gasteiger partial charge in [-0.1, -0.05) is 19.1 Å². The molecule has 4 heteroatoms. The molecule has 1 atom stereocenters. The number of rotatable bonds is 6. The van der Waals surface area contributed by atoms with E-state index in [-0.39, 0.29) is 5.92 Å². The van der Waals surface area contributed by atoms with Gasteiger partial charge in [0.25, 0.3) is 0 Å². The zero-order valence-corrected chi connectivity index (χ0v) is 9.35. The van der Waals surface area contributed by atoms with Gasteiger partial charge in [0.05, 0.1) is 12.5 Å². The van der Waals surface area contributed by atoms with Crippen LogP contribution in [0.3, 0.4) is 0 Å². The summed E-state index contributed by atoms with van der Waals surface area (Å²) in [5.74, 6) is -0.416. The highest BCUT2D eigenvalue weighted by molar-refractivity contribution is 5.69. The van der Waals surface area contributed by atoms with Gasteiger partial charge in [-0.3, -0.25) is 4.79 Å². The SMILES string of the molecule is CC(CCOc1ccc(CN)cc1)C(=O)O. The van der Waals surface area contributed by atoms with Crippen LogP contribution >= 0.6 is 0 Å². The number of nitrogens with two attached hydrogens (primary N) is 1. The van der Waals surface area contributed by atoms with Crippen LogP contribution in [-0.4, -0.2) is 17.7 Å². The van der Waals surface area contributed by atoms with Crippen LogP contribution in [0.25, 0.3) is 0 Å². The fourth-order valence-corrected chi connectivity index (χ4v) is 1.20. The number of hydrogen-bond acceptors (Lipinski definition) is 3. The molecule has 1 unspecified atom stereocenters. The smallest absolute Gasteiger partial charge is 0.306 e. The van der Waals surface area contributed by atoms with Gasteiger partial charge in [0, 0.05) is 6.54 Å². The average molecular weight is 223 g/mol. The minimum absolute atomic E-state index is 0.372. The third kappa shape index (κ3) is 3.90. The summed E-state index contributed by atoms with van der Waals surface area (Å²) in [4.78, 5) is 10.6. The Hall–Kier alpha value is -1.55. The quantitative estimate of drug-likeness (QED) is 0.768. The summed E-state index contributed by atoms with van der Waals surface area (Å²) < 4.78 is 5.42. The van der Waals surface area contributed by atoms with Gasteiger partial charge in [0.1, 0.15) is 5.75 Å². The molecule has 0 aliphatic carbocycles. The van der Waals surface area contributed by atoms with Gasteiger partial charge in [0.15, 0.2) is 0 Å². The summed E-state index contributed by atoms with van der Waals surface area (Å²) in [6, 6.07) is 7.48. The zero-order valence-electron chi connectivity index (χ0n) is 9.35. The van der Waals surface area contributed by atoms with E-state index in [2.05, 4.69) is 0 Å². The van der Waals surface area contributed by atoms with Crippen molar-refractivity contribution >= 4 is 5.97 Å². The monoisotopic (exact) mass is 223 g/mol. The molecule has 0 bridgehead atoms. The number of carbonyl (C=O) groups is 1. The molecule has 3 N–H and O–H groups in total. The van der Waals surface area contributed by atoms with E-state index in [4.69, 9.17) is 15.6 Å². The highest BCUT2D eigenvalue weighted by Crippen LogP contribution is 2.13. The van der Waals surface area contributed by atoms with E-state index < -0.39 is 5.97 Å². The van der Waals surface area contributed by atoms with Gasteiger partial charge >= 0.3 is 5.97 Å². The van der Waals surface area contributed by atoms with Gasteiger partial charge < -0.3 is 15.6 Å². The van der Waals surface area contributed by atoms with E-state index in [1.54, 1.807) is 6.92 Å². The fraction of sp³-hybridized carbons (Fsp3) is 0.417. The second kappa shape index (κ2) is 6.12. The Balaban J connectivity index is 2.34. The summed E-state index contributed by atoms with van der Waals surface area (Å²) in [6.45, 7) is 2.59. The molecule has 0 saturated carbocycles. The molecular weight excluding hydrogens is 206 g/mol. The molecule has 0 aliphatic heterocycles. The Morgan fingerprint density at radius 3 is 2.56 bits per heavy atom. The van der Waals surface area contributed by atoms with E-state index in [0.29, 0.717) is 19.6 Å². The molecule has 0 amide bonds. The van der Waals surface area contributed by atoms with Gasteiger partial charge in [-0.2, -0.15) is 0 Å². The van der Waals surface area contributed by atoms with Gasteiger partial charge in [0.2, 0.25) is 0 Å². The lowest BCUT2D eigenvalue weighted by Crippen LogP contribution is -2.13. The number of ether oxygens (including phenoxy) is 1. The third-order valence-corrected chi connectivity index (χ3v) is 2.40. The van der Waals surface area contributed by atoms with Crippen LogP contribution in [0.15, 0.2) is 24.3 Å². The molecule has 1 aromatic carbocycles. The highest BCUT2D eigenvalue weighted by Gasteiger charge is 2.10. The second-order valence-corrected chi connectivity index (χ2v) is 3.72. The fourth-order valence-electron chi connectivity index (χ4n) is 1.20. The highest BCUT2D eigenvalue weighted by atomic mass is 16.5. The first kappa shape index (κ1) is 12.5. The lowest BCUT2D eigenvalue weighted by atomic mass is 10.1. The maximum atomic E-state index is 10.6. The van der Waals surface area contributed by atoms with Crippen LogP contribution in [-0.2, 0) is 11.3 Å². The first-order valence-corrected chi connectivity index (χ1v) is 5.28. The first-order chi connectivity index (χ1) is 7.63. The van der Waals surface area contributed by atoms with Crippen molar-refractivity contribution in [2.45, 2.75) is 19.9 Å². The molecule has 0 aromatic heterocycles. The Labute approximate surface area is 95.0 Å². The van der Waals surface area contributed by atoms with Crippen LogP contribution in [0.2, 0.25) is 0 Å². The first-order valence-electron chi connectivity index (χ1n) is 5.28. The lowest BCUT2D eigenvalue weighted by molar-refractivity contribution is -0.141. The van der Waals surface area contributed by atoms with Crippen LogP contribution in [0.5, 0.6) is 5.75 Å². The third-order valence-electron chi connectivity index (χ3n) is 2.40. The average Bonchev–Trinajstić information content (AvgIpc) is 2.29. The summed E-state index contributed by atoms with van der Waals surface area (Å²) in [5, 5.41) is 8.68. The minimum Gasteiger partial charge on any atom is -0.494 e. The number of carboxylic acids is 1. The largest absolute Gasteiger partial charge is 0.494 e. The molecular formula is C12H17NO3. The molecule has 4 nitrogen and oxygen atoms in total. The number of hydrogen-bond donors (Lipinski definition) is 2. The maximum absolute atomic E-state index is 10.6. The molecule has 0 fully saturated rings. The van der Waals surface area contributed by atoms with Crippen molar-refractivity contribution in [3.8, 4) is 5.75 Å². The summed E-state index contributed by atoms with van der Waals surface area (Å²) >= 11 is 0. The molecule has 0 spiro atoms. The Bertz CT molecular complexity index is 335. The van der Waals surface area contributed by atoms with Crippen molar-refractivity contribution in [3.05, 3.63) is 29.8 Å². The molecule has 0 aliphatic rings. The Morgan fingerprint density at radius 1 is 1.44 bits per heavy atom. The minimum atomic E-state index is -0.790. The molecule has 1 aromatic rings. The van der Waals surface area contributed by atoms with Crippen molar-refractivity contribution in [1.82, 2.24) is 0 Å². The Morgan fingerprint density at radius 2 is 2.06 bits per heavy atom.